The average Bonchev–Trinajstić information content (AvgIpc) is 2.69. The van der Waals surface area contributed by atoms with Crippen LogP contribution in [0.3, 0.4) is 0 Å². The summed E-state index contributed by atoms with van der Waals surface area (Å²) in [6.45, 7) is 2.45. The Labute approximate surface area is 158 Å². The van der Waals surface area contributed by atoms with Gasteiger partial charge in [-0.2, -0.15) is 0 Å². The normalized spacial score (nSPS) is 14.4. The molecule has 1 aliphatic heterocycles. The molecule has 2 N–H and O–H groups in total. The van der Waals surface area contributed by atoms with E-state index >= 15 is 0 Å². The predicted molar refractivity (Wildman–Crippen MR) is 101 cm³/mol. The number of halogens is 2. The lowest BCUT2D eigenvalue weighted by Gasteiger charge is -2.35. The van der Waals surface area contributed by atoms with Crippen LogP contribution in [0, 0.1) is 11.6 Å². The lowest BCUT2D eigenvalue weighted by atomic mass is 10.0. The van der Waals surface area contributed by atoms with Crippen molar-refractivity contribution >= 4 is 16.9 Å². The maximum Gasteiger partial charge on any atom is 0.341 e. The highest BCUT2D eigenvalue weighted by atomic mass is 19.1. The van der Waals surface area contributed by atoms with Crippen LogP contribution in [0.1, 0.15) is 10.4 Å². The molecule has 2 aromatic carbocycles. The lowest BCUT2D eigenvalue weighted by Crippen LogP contribution is -2.50. The second-order valence-corrected chi connectivity index (χ2v) is 6.54. The van der Waals surface area contributed by atoms with Gasteiger partial charge in [0.25, 0.3) is 0 Å². The molecule has 0 aliphatic carbocycles. The Kier molecular flexibility index (Phi) is 4.56. The van der Waals surface area contributed by atoms with E-state index in [0.717, 1.165) is 6.07 Å². The molecule has 2 heterocycles. The summed E-state index contributed by atoms with van der Waals surface area (Å²) >= 11 is 0. The maximum atomic E-state index is 13.8. The standard InChI is InChI=1S/C20H17F2N3O3/c21-13-3-1-12(2-4-13)18-17(20(27)28)19(26)15-11-14(22)5-6-16(15)25(18)24-9-7-23-8-10-24/h1-6,11,23H,7-10H2,(H,27,28). The molecule has 6 nitrogen and oxygen atoms in total. The van der Waals surface area contributed by atoms with Crippen molar-refractivity contribution in [2.45, 2.75) is 0 Å². The first-order valence-corrected chi connectivity index (χ1v) is 8.81. The number of rotatable bonds is 3. The summed E-state index contributed by atoms with van der Waals surface area (Å²) in [7, 11) is 0. The van der Waals surface area contributed by atoms with E-state index in [4.69, 9.17) is 0 Å². The molecule has 1 saturated heterocycles. The van der Waals surface area contributed by atoms with Gasteiger partial charge in [-0.25, -0.2) is 13.6 Å². The second kappa shape index (κ2) is 7.05. The van der Waals surface area contributed by atoms with Gasteiger partial charge >= 0.3 is 5.97 Å². The molecule has 144 valence electrons. The van der Waals surface area contributed by atoms with Crippen LogP contribution in [0.25, 0.3) is 22.2 Å². The summed E-state index contributed by atoms with van der Waals surface area (Å²) in [4.78, 5) is 25.0. The van der Waals surface area contributed by atoms with Crippen molar-refractivity contribution in [3.05, 3.63) is 69.9 Å². The average molecular weight is 385 g/mol. The van der Waals surface area contributed by atoms with E-state index in [9.17, 15) is 23.5 Å². The van der Waals surface area contributed by atoms with Crippen molar-refractivity contribution in [3.63, 3.8) is 0 Å². The van der Waals surface area contributed by atoms with Gasteiger partial charge in [-0.3, -0.25) is 9.47 Å². The maximum absolute atomic E-state index is 13.8. The van der Waals surface area contributed by atoms with Crippen molar-refractivity contribution < 1.29 is 18.7 Å². The number of piperazine rings is 1. The van der Waals surface area contributed by atoms with Crippen LogP contribution in [-0.4, -0.2) is 41.9 Å². The third-order valence-corrected chi connectivity index (χ3v) is 4.81. The molecule has 1 fully saturated rings. The van der Waals surface area contributed by atoms with E-state index in [1.165, 1.54) is 36.4 Å². The van der Waals surface area contributed by atoms with Crippen molar-refractivity contribution in [1.82, 2.24) is 9.99 Å². The minimum absolute atomic E-state index is 0.0122. The summed E-state index contributed by atoms with van der Waals surface area (Å²) in [6.07, 6.45) is 0. The van der Waals surface area contributed by atoms with E-state index in [1.54, 1.807) is 4.68 Å². The number of fused-ring (bicyclic) bond motifs is 1. The van der Waals surface area contributed by atoms with Gasteiger partial charge in [-0.15, -0.1) is 0 Å². The topological polar surface area (TPSA) is 74.6 Å². The zero-order chi connectivity index (χ0) is 19.8. The molecular weight excluding hydrogens is 368 g/mol. The summed E-state index contributed by atoms with van der Waals surface area (Å²) in [5.74, 6) is -2.51. The summed E-state index contributed by atoms with van der Waals surface area (Å²) in [5, 5.41) is 14.9. The Balaban J connectivity index is 2.15. The molecular formula is C20H17F2N3O3. The third-order valence-electron chi connectivity index (χ3n) is 4.81. The van der Waals surface area contributed by atoms with Gasteiger partial charge in [0.2, 0.25) is 5.43 Å². The quantitative estimate of drug-likeness (QED) is 0.723. The van der Waals surface area contributed by atoms with Crippen molar-refractivity contribution in [3.8, 4) is 11.3 Å². The minimum Gasteiger partial charge on any atom is -0.477 e. The number of carboxylic acid groups (broad SMARTS) is 1. The number of carboxylic acids is 1. The molecule has 1 aromatic heterocycles. The molecule has 0 atom stereocenters. The smallest absolute Gasteiger partial charge is 0.341 e. The van der Waals surface area contributed by atoms with Gasteiger partial charge in [0, 0.05) is 31.7 Å². The van der Waals surface area contributed by atoms with E-state index in [2.05, 4.69) is 5.32 Å². The number of pyridine rings is 1. The van der Waals surface area contributed by atoms with Crippen molar-refractivity contribution in [2.24, 2.45) is 0 Å². The predicted octanol–water partition coefficient (Wildman–Crippen LogP) is 2.19. The summed E-state index contributed by atoms with van der Waals surface area (Å²) in [5.41, 5.74) is -0.298. The summed E-state index contributed by atoms with van der Waals surface area (Å²) in [6, 6.07) is 9.04. The zero-order valence-electron chi connectivity index (χ0n) is 14.8. The van der Waals surface area contributed by atoms with Crippen LogP contribution in [0.15, 0.2) is 47.3 Å². The van der Waals surface area contributed by atoms with Gasteiger partial charge in [0.15, 0.2) is 0 Å². The van der Waals surface area contributed by atoms with Crippen LogP contribution in [0.2, 0.25) is 0 Å². The van der Waals surface area contributed by atoms with Gasteiger partial charge in [-0.1, -0.05) is 0 Å². The SMILES string of the molecule is O=C(O)c1c(-c2ccc(F)cc2)n(N2CCNCC2)c2ccc(F)cc2c1=O. The number of hydrogen-bond donors (Lipinski definition) is 2. The first-order valence-electron chi connectivity index (χ1n) is 8.81. The molecule has 0 radical (unpaired) electrons. The van der Waals surface area contributed by atoms with Gasteiger partial charge in [0.1, 0.15) is 17.2 Å². The Bertz CT molecular complexity index is 1120. The van der Waals surface area contributed by atoms with Crippen LogP contribution in [-0.2, 0) is 0 Å². The fourth-order valence-electron chi connectivity index (χ4n) is 3.56. The highest BCUT2D eigenvalue weighted by Gasteiger charge is 2.26. The van der Waals surface area contributed by atoms with Crippen molar-refractivity contribution in [1.29, 1.82) is 0 Å². The van der Waals surface area contributed by atoms with Crippen LogP contribution < -0.4 is 15.8 Å². The first kappa shape index (κ1) is 18.1. The number of nitrogens with one attached hydrogen (secondary N) is 1. The fourth-order valence-corrected chi connectivity index (χ4v) is 3.56. The molecule has 0 unspecified atom stereocenters. The first-order chi connectivity index (χ1) is 13.5. The molecule has 1 aliphatic rings. The number of carbonyl (C=O) groups is 1. The van der Waals surface area contributed by atoms with Gasteiger partial charge < -0.3 is 15.4 Å². The number of aromatic nitrogens is 1. The third kappa shape index (κ3) is 3.01. The van der Waals surface area contributed by atoms with E-state index < -0.39 is 28.6 Å². The van der Waals surface area contributed by atoms with Gasteiger partial charge in [0.05, 0.1) is 16.6 Å². The number of aromatic carboxylic acids is 1. The molecule has 0 saturated carbocycles. The Morgan fingerprint density at radius 3 is 2.29 bits per heavy atom. The fraction of sp³-hybridized carbons (Fsp3) is 0.200. The number of benzene rings is 2. The second-order valence-electron chi connectivity index (χ2n) is 6.54. The number of nitrogens with zero attached hydrogens (tertiary/aromatic N) is 2. The summed E-state index contributed by atoms with van der Waals surface area (Å²) < 4.78 is 28.9. The van der Waals surface area contributed by atoms with Crippen LogP contribution in [0.4, 0.5) is 8.78 Å². The van der Waals surface area contributed by atoms with Crippen LogP contribution in [0.5, 0.6) is 0 Å². The van der Waals surface area contributed by atoms with E-state index in [1.807, 2.05) is 5.01 Å². The lowest BCUT2D eigenvalue weighted by molar-refractivity contribution is 0.0696. The van der Waals surface area contributed by atoms with Crippen molar-refractivity contribution in [2.75, 3.05) is 31.2 Å². The van der Waals surface area contributed by atoms with E-state index in [-0.39, 0.29) is 11.1 Å². The molecule has 28 heavy (non-hydrogen) atoms. The minimum atomic E-state index is -1.42. The molecule has 0 amide bonds. The van der Waals surface area contributed by atoms with E-state index in [0.29, 0.717) is 37.3 Å². The zero-order valence-corrected chi connectivity index (χ0v) is 14.8. The van der Waals surface area contributed by atoms with Crippen LogP contribution >= 0.6 is 0 Å². The Hall–Kier alpha value is -3.26. The number of hydrogen-bond acceptors (Lipinski definition) is 4. The largest absolute Gasteiger partial charge is 0.477 e. The van der Waals surface area contributed by atoms with Gasteiger partial charge in [-0.05, 0) is 42.5 Å². The molecule has 0 spiro atoms. The Morgan fingerprint density at radius 1 is 1.00 bits per heavy atom. The monoisotopic (exact) mass is 385 g/mol. The molecule has 3 aromatic rings. The highest BCUT2D eigenvalue weighted by Crippen LogP contribution is 2.28. The molecule has 4 rings (SSSR count). The Morgan fingerprint density at radius 2 is 1.64 bits per heavy atom. The highest BCUT2D eigenvalue weighted by molar-refractivity contribution is 6.00. The molecule has 8 heteroatoms. The molecule has 0 bridgehead atoms.